The summed E-state index contributed by atoms with van der Waals surface area (Å²) in [4.78, 5) is 40.9. The molecular weight excluding hydrogens is 565 g/mol. The Bertz CT molecular complexity index is 1330. The van der Waals surface area contributed by atoms with E-state index < -0.39 is 21.7 Å². The first-order valence-corrected chi connectivity index (χ1v) is 16.3. The van der Waals surface area contributed by atoms with Gasteiger partial charge in [-0.05, 0) is 37.0 Å². The van der Waals surface area contributed by atoms with Crippen LogP contribution in [-0.2, 0) is 31.0 Å². The van der Waals surface area contributed by atoms with Gasteiger partial charge in [0, 0.05) is 62.3 Å². The standard InChI is InChI=1S/C30H40FN3O5S2/c1-3-9-29(36)33(17-16-30(37)34(18-19-40)25-10-5-4-6-11-25)21-24-15-14-23(20-27(24)31)26-12-7-8-13-28(26)41(38,39)32-22(2)35/h7-8,12-15,20,25,40H,3-6,9-11,16-19,21H2,1-2H3,(H,32,35). The van der Waals surface area contributed by atoms with Crippen LogP contribution in [0.25, 0.3) is 11.1 Å². The summed E-state index contributed by atoms with van der Waals surface area (Å²) in [5.74, 6) is -0.951. The Labute approximate surface area is 248 Å². The Balaban J connectivity index is 1.80. The molecular formula is C30H40FN3O5S2. The Morgan fingerprint density at radius 3 is 2.34 bits per heavy atom. The molecule has 0 radical (unpaired) electrons. The lowest BCUT2D eigenvalue weighted by atomic mass is 9.94. The molecule has 0 atom stereocenters. The van der Waals surface area contributed by atoms with Crippen LogP contribution < -0.4 is 4.72 Å². The summed E-state index contributed by atoms with van der Waals surface area (Å²) in [7, 11) is -4.15. The van der Waals surface area contributed by atoms with E-state index in [4.69, 9.17) is 0 Å². The second-order valence-corrected chi connectivity index (χ2v) is 12.5. The van der Waals surface area contributed by atoms with Crippen LogP contribution in [0.4, 0.5) is 4.39 Å². The van der Waals surface area contributed by atoms with E-state index in [0.29, 0.717) is 24.3 Å². The van der Waals surface area contributed by atoms with E-state index in [1.165, 1.54) is 41.7 Å². The molecule has 41 heavy (non-hydrogen) atoms. The van der Waals surface area contributed by atoms with Gasteiger partial charge >= 0.3 is 0 Å². The Hall–Kier alpha value is -2.92. The fourth-order valence-electron chi connectivity index (χ4n) is 5.28. The molecule has 3 amide bonds. The van der Waals surface area contributed by atoms with E-state index in [1.807, 2.05) is 16.5 Å². The molecule has 2 aromatic rings. The number of nitrogens with one attached hydrogen (secondary N) is 1. The maximum atomic E-state index is 15.4. The molecule has 0 aromatic heterocycles. The number of amides is 3. The third-order valence-electron chi connectivity index (χ3n) is 7.27. The molecule has 0 unspecified atom stereocenters. The quantitative estimate of drug-likeness (QED) is 0.315. The van der Waals surface area contributed by atoms with Crippen molar-refractivity contribution in [3.05, 3.63) is 53.8 Å². The Kier molecular flexibility index (Phi) is 12.2. The fraction of sp³-hybridized carbons (Fsp3) is 0.500. The molecule has 1 fully saturated rings. The lowest BCUT2D eigenvalue weighted by molar-refractivity contribution is -0.136. The van der Waals surface area contributed by atoms with E-state index in [2.05, 4.69) is 12.6 Å². The van der Waals surface area contributed by atoms with Gasteiger partial charge in [-0.1, -0.05) is 56.5 Å². The predicted octanol–water partition coefficient (Wildman–Crippen LogP) is 4.93. The van der Waals surface area contributed by atoms with Crippen molar-refractivity contribution in [3.63, 3.8) is 0 Å². The molecule has 0 heterocycles. The number of thiol groups is 1. The Morgan fingerprint density at radius 1 is 1.00 bits per heavy atom. The van der Waals surface area contributed by atoms with Gasteiger partial charge < -0.3 is 9.80 Å². The van der Waals surface area contributed by atoms with Gasteiger partial charge in [-0.2, -0.15) is 12.6 Å². The second-order valence-electron chi connectivity index (χ2n) is 10.4. The van der Waals surface area contributed by atoms with E-state index in [1.54, 1.807) is 12.1 Å². The lowest BCUT2D eigenvalue weighted by Gasteiger charge is -2.35. The van der Waals surface area contributed by atoms with Gasteiger partial charge in [0.15, 0.2) is 0 Å². The van der Waals surface area contributed by atoms with Crippen LogP contribution >= 0.6 is 12.6 Å². The molecule has 1 aliphatic rings. The average molecular weight is 606 g/mol. The lowest BCUT2D eigenvalue weighted by Crippen LogP contribution is -2.44. The average Bonchev–Trinajstić information content (AvgIpc) is 2.94. The zero-order valence-corrected chi connectivity index (χ0v) is 25.5. The monoisotopic (exact) mass is 605 g/mol. The molecule has 8 nitrogen and oxygen atoms in total. The second kappa shape index (κ2) is 15.3. The molecule has 1 saturated carbocycles. The summed E-state index contributed by atoms with van der Waals surface area (Å²) in [6.07, 6.45) is 6.38. The summed E-state index contributed by atoms with van der Waals surface area (Å²) >= 11 is 4.34. The van der Waals surface area contributed by atoms with Crippen molar-refractivity contribution in [3.8, 4) is 11.1 Å². The maximum Gasteiger partial charge on any atom is 0.264 e. The van der Waals surface area contributed by atoms with Crippen LogP contribution in [0.1, 0.15) is 70.8 Å². The summed E-state index contributed by atoms with van der Waals surface area (Å²) in [6.45, 7) is 3.71. The van der Waals surface area contributed by atoms with Gasteiger partial charge in [0.25, 0.3) is 10.0 Å². The molecule has 0 aliphatic heterocycles. The summed E-state index contributed by atoms with van der Waals surface area (Å²) < 4.78 is 42.7. The number of hydrogen-bond acceptors (Lipinski definition) is 6. The zero-order chi connectivity index (χ0) is 30.0. The van der Waals surface area contributed by atoms with E-state index in [9.17, 15) is 22.8 Å². The number of carbonyl (C=O) groups is 3. The van der Waals surface area contributed by atoms with Gasteiger partial charge in [0.05, 0.1) is 4.90 Å². The number of benzene rings is 2. The first kappa shape index (κ1) is 32.6. The number of rotatable bonds is 13. The Morgan fingerprint density at radius 2 is 1.71 bits per heavy atom. The van der Waals surface area contributed by atoms with Crippen LogP contribution in [0.5, 0.6) is 0 Å². The molecule has 2 aromatic carbocycles. The highest BCUT2D eigenvalue weighted by Gasteiger charge is 2.26. The van der Waals surface area contributed by atoms with Crippen LogP contribution in [0.15, 0.2) is 47.4 Å². The van der Waals surface area contributed by atoms with Crippen molar-refractivity contribution >= 4 is 40.4 Å². The van der Waals surface area contributed by atoms with E-state index >= 15 is 4.39 Å². The fourth-order valence-corrected chi connectivity index (χ4v) is 6.72. The molecule has 0 saturated heterocycles. The first-order chi connectivity index (χ1) is 19.6. The molecule has 1 N–H and O–H groups in total. The van der Waals surface area contributed by atoms with Gasteiger partial charge in [0.1, 0.15) is 5.82 Å². The number of nitrogens with zero attached hydrogens (tertiary/aromatic N) is 2. The first-order valence-electron chi connectivity index (χ1n) is 14.2. The minimum absolute atomic E-state index is 0.0138. The maximum absolute atomic E-state index is 15.4. The van der Waals surface area contributed by atoms with Crippen molar-refractivity contribution in [1.82, 2.24) is 14.5 Å². The highest BCUT2D eigenvalue weighted by Crippen LogP contribution is 2.29. The van der Waals surface area contributed by atoms with Gasteiger partial charge in [0.2, 0.25) is 17.7 Å². The summed E-state index contributed by atoms with van der Waals surface area (Å²) in [6, 6.07) is 10.6. The minimum atomic E-state index is -4.15. The van der Waals surface area contributed by atoms with Crippen molar-refractivity contribution < 1.29 is 27.2 Å². The summed E-state index contributed by atoms with van der Waals surface area (Å²) in [5, 5.41) is 0. The predicted molar refractivity (Wildman–Crippen MR) is 160 cm³/mol. The number of halogens is 1. The van der Waals surface area contributed by atoms with Crippen molar-refractivity contribution in [2.75, 3.05) is 18.8 Å². The number of carbonyl (C=O) groups excluding carboxylic acids is 3. The topological polar surface area (TPSA) is 104 Å². The zero-order valence-electron chi connectivity index (χ0n) is 23.8. The summed E-state index contributed by atoms with van der Waals surface area (Å²) in [5.41, 5.74) is 0.808. The molecule has 1 aliphatic carbocycles. The molecule has 3 rings (SSSR count). The molecule has 11 heteroatoms. The van der Waals surface area contributed by atoms with E-state index in [-0.39, 0.29) is 59.8 Å². The van der Waals surface area contributed by atoms with Crippen LogP contribution in [-0.4, -0.2) is 60.8 Å². The third kappa shape index (κ3) is 9.03. The number of hydrogen-bond donors (Lipinski definition) is 2. The largest absolute Gasteiger partial charge is 0.339 e. The number of sulfonamides is 1. The highest BCUT2D eigenvalue weighted by molar-refractivity contribution is 7.90. The third-order valence-corrected chi connectivity index (χ3v) is 8.96. The smallest absolute Gasteiger partial charge is 0.264 e. The van der Waals surface area contributed by atoms with Gasteiger partial charge in [-0.25, -0.2) is 17.5 Å². The van der Waals surface area contributed by atoms with Crippen LogP contribution in [0.3, 0.4) is 0 Å². The van der Waals surface area contributed by atoms with Crippen molar-refractivity contribution in [1.29, 1.82) is 0 Å². The van der Waals surface area contributed by atoms with Crippen LogP contribution in [0, 0.1) is 5.82 Å². The van der Waals surface area contributed by atoms with Crippen molar-refractivity contribution in [2.45, 2.75) is 82.7 Å². The molecule has 0 spiro atoms. The highest BCUT2D eigenvalue weighted by atomic mass is 32.2. The van der Waals surface area contributed by atoms with E-state index in [0.717, 1.165) is 32.6 Å². The van der Waals surface area contributed by atoms with Gasteiger partial charge in [-0.15, -0.1) is 0 Å². The molecule has 224 valence electrons. The SMILES string of the molecule is CCCC(=O)N(CCC(=O)N(CCS)C1CCCCC1)Cc1ccc(-c2ccccc2S(=O)(=O)NC(C)=O)cc1F. The van der Waals surface area contributed by atoms with Gasteiger partial charge in [-0.3, -0.25) is 14.4 Å². The normalized spacial score (nSPS) is 14.0. The minimum Gasteiger partial charge on any atom is -0.339 e. The van der Waals surface area contributed by atoms with Crippen LogP contribution in [0.2, 0.25) is 0 Å². The van der Waals surface area contributed by atoms with Crippen molar-refractivity contribution in [2.24, 2.45) is 0 Å². The molecule has 0 bridgehead atoms.